The van der Waals surface area contributed by atoms with Crippen molar-refractivity contribution < 1.29 is 9.47 Å². The summed E-state index contributed by atoms with van der Waals surface area (Å²) in [6.07, 6.45) is 4.39. The Morgan fingerprint density at radius 2 is 1.61 bits per heavy atom. The average Bonchev–Trinajstić information content (AvgIpc) is 2.55. The van der Waals surface area contributed by atoms with E-state index in [4.69, 9.17) is 21.1 Å². The minimum absolute atomic E-state index is 0.159. The summed E-state index contributed by atoms with van der Waals surface area (Å²) in [4.78, 5) is 0. The third-order valence-corrected chi connectivity index (χ3v) is 4.35. The largest absolute Gasteiger partial charge is 0.493 e. The van der Waals surface area contributed by atoms with Crippen molar-refractivity contribution in [3.63, 3.8) is 0 Å². The molecule has 0 N–H and O–H groups in total. The van der Waals surface area contributed by atoms with Crippen LogP contribution in [0, 0.1) is 0 Å². The Morgan fingerprint density at radius 1 is 0.957 bits per heavy atom. The Labute approximate surface area is 144 Å². The number of benzene rings is 2. The Kier molecular flexibility index (Phi) is 7.04. The van der Waals surface area contributed by atoms with E-state index in [1.807, 2.05) is 38.1 Å². The zero-order chi connectivity index (χ0) is 16.7. The third-order valence-electron chi connectivity index (χ3n) is 3.82. The number of unbranched alkanes of at least 4 members (excludes halogenated alkanes) is 1. The average molecular weight is 335 g/mol. The van der Waals surface area contributed by atoms with Crippen molar-refractivity contribution >= 4 is 22.4 Å². The molecule has 0 aromatic heterocycles. The molecule has 0 radical (unpaired) electrons. The van der Waals surface area contributed by atoms with E-state index in [-0.39, 0.29) is 6.10 Å². The first kappa shape index (κ1) is 17.9. The van der Waals surface area contributed by atoms with Gasteiger partial charge in [0, 0.05) is 16.1 Å². The minimum Gasteiger partial charge on any atom is -0.493 e. The van der Waals surface area contributed by atoms with Gasteiger partial charge in [0.15, 0.2) is 0 Å². The fourth-order valence-electron chi connectivity index (χ4n) is 2.58. The molecule has 1 unspecified atom stereocenters. The summed E-state index contributed by atoms with van der Waals surface area (Å²) in [5.74, 6) is 1.84. The normalized spacial score (nSPS) is 12.6. The van der Waals surface area contributed by atoms with Crippen LogP contribution in [0.4, 0.5) is 0 Å². The van der Waals surface area contributed by atoms with Crippen LogP contribution in [0.15, 0.2) is 36.4 Å². The summed E-state index contributed by atoms with van der Waals surface area (Å²) in [6.45, 7) is 6.93. The molecule has 23 heavy (non-hydrogen) atoms. The zero-order valence-corrected chi connectivity index (χ0v) is 15.1. The van der Waals surface area contributed by atoms with Gasteiger partial charge in [-0.15, -0.1) is 11.6 Å². The highest BCUT2D eigenvalue weighted by Gasteiger charge is 2.09. The molecular formula is C20H27ClO2. The maximum absolute atomic E-state index is 6.14. The minimum atomic E-state index is 0.159. The number of hydrogen-bond donors (Lipinski definition) is 0. The second-order valence-electron chi connectivity index (χ2n) is 6.12. The molecule has 2 aromatic carbocycles. The Bertz CT molecular complexity index is 610. The maximum Gasteiger partial charge on any atom is 0.127 e. The lowest BCUT2D eigenvalue weighted by molar-refractivity contribution is 0.245. The maximum atomic E-state index is 6.14. The molecule has 0 heterocycles. The zero-order valence-electron chi connectivity index (χ0n) is 14.3. The van der Waals surface area contributed by atoms with Crippen molar-refractivity contribution in [2.24, 2.45) is 0 Å². The van der Waals surface area contributed by atoms with Crippen LogP contribution >= 0.6 is 11.6 Å². The van der Waals surface area contributed by atoms with Crippen LogP contribution in [0.25, 0.3) is 10.8 Å². The Hall–Kier alpha value is -1.41. The van der Waals surface area contributed by atoms with Crippen molar-refractivity contribution in [1.82, 2.24) is 0 Å². The summed E-state index contributed by atoms with van der Waals surface area (Å²) in [5, 5.41) is 2.50. The van der Waals surface area contributed by atoms with Gasteiger partial charge in [-0.3, -0.25) is 0 Å². The molecule has 0 saturated heterocycles. The first-order valence-electron chi connectivity index (χ1n) is 8.57. The monoisotopic (exact) mass is 334 g/mol. The highest BCUT2D eigenvalue weighted by Crippen LogP contribution is 2.33. The fraction of sp³-hybridized carbons (Fsp3) is 0.500. The summed E-state index contributed by atoms with van der Waals surface area (Å²) >= 11 is 6.14. The van der Waals surface area contributed by atoms with Gasteiger partial charge < -0.3 is 9.47 Å². The number of alkyl halides is 1. The summed E-state index contributed by atoms with van der Waals surface area (Å²) in [7, 11) is 0. The molecule has 0 saturated carbocycles. The van der Waals surface area contributed by atoms with Gasteiger partial charge in [-0.05, 0) is 51.7 Å². The lowest BCUT2D eigenvalue weighted by atomic mass is 10.1. The van der Waals surface area contributed by atoms with Gasteiger partial charge in [0.1, 0.15) is 11.5 Å². The van der Waals surface area contributed by atoms with Crippen molar-refractivity contribution in [2.75, 3.05) is 6.61 Å². The molecule has 1 atom stereocenters. The van der Waals surface area contributed by atoms with Gasteiger partial charge in [0.25, 0.3) is 0 Å². The number of ether oxygens (including phenoxy) is 2. The Morgan fingerprint density at radius 3 is 2.26 bits per heavy atom. The van der Waals surface area contributed by atoms with Gasteiger partial charge in [-0.2, -0.15) is 0 Å². The lowest BCUT2D eigenvalue weighted by Crippen LogP contribution is -2.06. The third kappa shape index (κ3) is 5.31. The highest BCUT2D eigenvalue weighted by atomic mass is 35.5. The molecule has 2 rings (SSSR count). The molecule has 0 amide bonds. The van der Waals surface area contributed by atoms with Crippen molar-refractivity contribution in [2.45, 2.75) is 57.9 Å². The van der Waals surface area contributed by atoms with E-state index in [0.29, 0.717) is 5.38 Å². The van der Waals surface area contributed by atoms with Gasteiger partial charge in [-0.1, -0.05) is 31.2 Å². The van der Waals surface area contributed by atoms with Gasteiger partial charge in [0.2, 0.25) is 0 Å². The topological polar surface area (TPSA) is 18.5 Å². The number of halogens is 1. The predicted molar refractivity (Wildman–Crippen MR) is 99.0 cm³/mol. The summed E-state index contributed by atoms with van der Waals surface area (Å²) in [6, 6.07) is 12.3. The quantitative estimate of drug-likeness (QED) is 0.402. The molecule has 0 aliphatic heterocycles. The van der Waals surface area contributed by atoms with Crippen LogP contribution in [-0.4, -0.2) is 18.1 Å². The first-order valence-corrected chi connectivity index (χ1v) is 9.00. The van der Waals surface area contributed by atoms with Crippen LogP contribution in [0.3, 0.4) is 0 Å². The van der Waals surface area contributed by atoms with Gasteiger partial charge in [-0.25, -0.2) is 0 Å². The molecule has 0 spiro atoms. The fourth-order valence-corrected chi connectivity index (χ4v) is 2.73. The van der Waals surface area contributed by atoms with E-state index in [9.17, 15) is 0 Å². The summed E-state index contributed by atoms with van der Waals surface area (Å²) < 4.78 is 11.9. The molecule has 126 valence electrons. The van der Waals surface area contributed by atoms with Crippen LogP contribution < -0.4 is 9.47 Å². The van der Waals surface area contributed by atoms with Crippen molar-refractivity contribution in [1.29, 1.82) is 0 Å². The first-order chi connectivity index (χ1) is 11.1. The van der Waals surface area contributed by atoms with E-state index in [1.165, 1.54) is 0 Å². The summed E-state index contributed by atoms with van der Waals surface area (Å²) in [5.41, 5.74) is 0. The Balaban J connectivity index is 2.01. The predicted octanol–water partition coefficient (Wildman–Crippen LogP) is 6.19. The second kappa shape index (κ2) is 9.02. The SMILES string of the molecule is CCC(Cl)CCCCOc1ccc(OC(C)C)c2ccccc12. The van der Waals surface area contributed by atoms with Crippen LogP contribution in [-0.2, 0) is 0 Å². The van der Waals surface area contributed by atoms with E-state index in [1.54, 1.807) is 0 Å². The second-order valence-corrected chi connectivity index (χ2v) is 6.74. The molecule has 0 aliphatic rings. The standard InChI is InChI=1S/C20H27ClO2/c1-4-16(21)9-7-8-14-22-19-12-13-20(23-15(2)3)18-11-6-5-10-17(18)19/h5-6,10-13,15-16H,4,7-9,14H2,1-3H3. The van der Waals surface area contributed by atoms with Crippen LogP contribution in [0.1, 0.15) is 46.5 Å². The molecule has 3 heteroatoms. The molecular weight excluding hydrogens is 308 g/mol. The van der Waals surface area contributed by atoms with E-state index in [2.05, 4.69) is 19.1 Å². The van der Waals surface area contributed by atoms with E-state index in [0.717, 1.165) is 54.6 Å². The van der Waals surface area contributed by atoms with Crippen molar-refractivity contribution in [3.8, 4) is 11.5 Å². The lowest BCUT2D eigenvalue weighted by Gasteiger charge is -2.15. The van der Waals surface area contributed by atoms with Crippen LogP contribution in [0.2, 0.25) is 0 Å². The van der Waals surface area contributed by atoms with E-state index >= 15 is 0 Å². The molecule has 0 fully saturated rings. The molecule has 2 nitrogen and oxygen atoms in total. The van der Waals surface area contributed by atoms with Gasteiger partial charge in [0.05, 0.1) is 12.7 Å². The molecule has 0 bridgehead atoms. The number of fused-ring (bicyclic) bond motifs is 1. The van der Waals surface area contributed by atoms with Crippen LogP contribution in [0.5, 0.6) is 11.5 Å². The van der Waals surface area contributed by atoms with E-state index < -0.39 is 0 Å². The highest BCUT2D eigenvalue weighted by molar-refractivity contribution is 6.20. The smallest absolute Gasteiger partial charge is 0.127 e. The molecule has 0 aliphatic carbocycles. The number of rotatable bonds is 9. The van der Waals surface area contributed by atoms with Gasteiger partial charge >= 0.3 is 0 Å². The molecule has 2 aromatic rings. The van der Waals surface area contributed by atoms with Crippen molar-refractivity contribution in [3.05, 3.63) is 36.4 Å². The number of hydrogen-bond acceptors (Lipinski definition) is 2.